The fourth-order valence-electron chi connectivity index (χ4n) is 1.97. The molecule has 78 valence electrons. The van der Waals surface area contributed by atoms with Gasteiger partial charge in [0, 0.05) is 23.9 Å². The van der Waals surface area contributed by atoms with Crippen molar-refractivity contribution >= 4 is 16.5 Å². The van der Waals surface area contributed by atoms with Crippen LogP contribution in [0.2, 0.25) is 0 Å². The third-order valence-corrected chi connectivity index (χ3v) is 2.80. The van der Waals surface area contributed by atoms with Crippen LogP contribution in [0.5, 0.6) is 0 Å². The SMILES string of the molecule is CCN(CC)c1c[nH+]cc2ccccc12. The van der Waals surface area contributed by atoms with Gasteiger partial charge in [0.25, 0.3) is 0 Å². The van der Waals surface area contributed by atoms with E-state index < -0.39 is 0 Å². The molecule has 1 heterocycles. The van der Waals surface area contributed by atoms with E-state index in [1.165, 1.54) is 16.5 Å². The lowest BCUT2D eigenvalue weighted by Crippen LogP contribution is -2.23. The van der Waals surface area contributed by atoms with Crippen molar-refractivity contribution < 1.29 is 4.98 Å². The number of nitrogens with one attached hydrogen (secondary N) is 1. The maximum absolute atomic E-state index is 3.21. The van der Waals surface area contributed by atoms with E-state index >= 15 is 0 Å². The van der Waals surface area contributed by atoms with Gasteiger partial charge in [0.2, 0.25) is 0 Å². The first-order valence-electron chi connectivity index (χ1n) is 5.50. The highest BCUT2D eigenvalue weighted by Crippen LogP contribution is 2.23. The first kappa shape index (κ1) is 9.97. The van der Waals surface area contributed by atoms with E-state index in [9.17, 15) is 0 Å². The van der Waals surface area contributed by atoms with Crippen molar-refractivity contribution in [2.24, 2.45) is 0 Å². The Morgan fingerprint density at radius 1 is 1.07 bits per heavy atom. The summed E-state index contributed by atoms with van der Waals surface area (Å²) >= 11 is 0. The third-order valence-electron chi connectivity index (χ3n) is 2.80. The minimum atomic E-state index is 1.04. The molecule has 0 spiro atoms. The van der Waals surface area contributed by atoms with Crippen LogP contribution in [0, 0.1) is 0 Å². The van der Waals surface area contributed by atoms with E-state index in [4.69, 9.17) is 0 Å². The second kappa shape index (κ2) is 4.30. The van der Waals surface area contributed by atoms with Crippen LogP contribution in [0.25, 0.3) is 10.8 Å². The van der Waals surface area contributed by atoms with Gasteiger partial charge in [-0.05, 0) is 19.9 Å². The first-order valence-corrected chi connectivity index (χ1v) is 5.50. The van der Waals surface area contributed by atoms with E-state index in [0.717, 1.165) is 13.1 Å². The largest absolute Gasteiger partial charge is 0.367 e. The van der Waals surface area contributed by atoms with Crippen LogP contribution in [0.1, 0.15) is 13.8 Å². The van der Waals surface area contributed by atoms with E-state index in [1.807, 2.05) is 6.20 Å². The molecule has 0 unspecified atom stereocenters. The predicted molar refractivity (Wildman–Crippen MR) is 64.1 cm³/mol. The summed E-state index contributed by atoms with van der Waals surface area (Å²) in [4.78, 5) is 5.57. The highest BCUT2D eigenvalue weighted by Gasteiger charge is 2.09. The summed E-state index contributed by atoms with van der Waals surface area (Å²) in [6, 6.07) is 8.48. The highest BCUT2D eigenvalue weighted by atomic mass is 15.1. The number of anilines is 1. The Bertz CT molecular complexity index is 442. The summed E-state index contributed by atoms with van der Waals surface area (Å²) in [5.41, 5.74) is 1.29. The molecule has 2 aromatic rings. The zero-order chi connectivity index (χ0) is 10.7. The molecular weight excluding hydrogens is 184 g/mol. The molecule has 0 aliphatic carbocycles. The summed E-state index contributed by atoms with van der Waals surface area (Å²) in [5.74, 6) is 0. The molecule has 1 aromatic heterocycles. The molecule has 2 nitrogen and oxygen atoms in total. The van der Waals surface area contributed by atoms with Crippen LogP contribution in [-0.4, -0.2) is 13.1 Å². The van der Waals surface area contributed by atoms with Gasteiger partial charge in [-0.3, -0.25) is 0 Å². The van der Waals surface area contributed by atoms with Crippen molar-refractivity contribution in [1.29, 1.82) is 0 Å². The van der Waals surface area contributed by atoms with Crippen LogP contribution in [0.4, 0.5) is 5.69 Å². The summed E-state index contributed by atoms with van der Waals surface area (Å²) in [6.45, 7) is 6.45. The molecule has 0 bridgehead atoms. The lowest BCUT2D eigenvalue weighted by atomic mass is 10.1. The molecule has 0 radical (unpaired) electrons. The quantitative estimate of drug-likeness (QED) is 0.746. The predicted octanol–water partition coefficient (Wildman–Crippen LogP) is 2.50. The molecule has 0 saturated carbocycles. The third kappa shape index (κ3) is 1.80. The number of nitrogens with zero attached hydrogens (tertiary/aromatic N) is 1. The van der Waals surface area contributed by atoms with Crippen molar-refractivity contribution in [3.8, 4) is 0 Å². The van der Waals surface area contributed by atoms with Gasteiger partial charge in [-0.15, -0.1) is 0 Å². The minimum Gasteiger partial charge on any atom is -0.367 e. The Balaban J connectivity index is 2.59. The number of pyridine rings is 1. The lowest BCUT2D eigenvalue weighted by molar-refractivity contribution is -0.375. The second-order valence-corrected chi connectivity index (χ2v) is 3.60. The molecule has 2 rings (SSSR count). The topological polar surface area (TPSA) is 17.4 Å². The van der Waals surface area contributed by atoms with Crippen molar-refractivity contribution in [1.82, 2.24) is 0 Å². The van der Waals surface area contributed by atoms with Gasteiger partial charge >= 0.3 is 0 Å². The van der Waals surface area contributed by atoms with Gasteiger partial charge < -0.3 is 4.90 Å². The number of hydrogen-bond acceptors (Lipinski definition) is 1. The molecule has 0 aliphatic heterocycles. The van der Waals surface area contributed by atoms with Crippen molar-refractivity contribution in [2.45, 2.75) is 13.8 Å². The van der Waals surface area contributed by atoms with Crippen molar-refractivity contribution in [2.75, 3.05) is 18.0 Å². The summed E-state index contributed by atoms with van der Waals surface area (Å²) < 4.78 is 0. The van der Waals surface area contributed by atoms with Gasteiger partial charge in [-0.1, -0.05) is 18.2 Å². The second-order valence-electron chi connectivity index (χ2n) is 3.60. The number of H-pyrrole nitrogens is 1. The Morgan fingerprint density at radius 3 is 2.53 bits per heavy atom. The molecular formula is C13H17N2+. The zero-order valence-electron chi connectivity index (χ0n) is 9.33. The van der Waals surface area contributed by atoms with E-state index in [-0.39, 0.29) is 0 Å². The standard InChI is InChI=1S/C13H16N2/c1-3-15(4-2)13-10-14-9-11-7-5-6-8-12(11)13/h5-10H,3-4H2,1-2H3/p+1. The molecule has 0 atom stereocenters. The zero-order valence-corrected chi connectivity index (χ0v) is 9.33. The van der Waals surface area contributed by atoms with Crippen LogP contribution < -0.4 is 9.88 Å². The van der Waals surface area contributed by atoms with Crippen LogP contribution >= 0.6 is 0 Å². The highest BCUT2D eigenvalue weighted by molar-refractivity contribution is 5.92. The maximum atomic E-state index is 3.21. The number of rotatable bonds is 3. The fraction of sp³-hybridized carbons (Fsp3) is 0.308. The minimum absolute atomic E-state index is 1.04. The van der Waals surface area contributed by atoms with Gasteiger partial charge in [-0.25, -0.2) is 4.98 Å². The smallest absolute Gasteiger partial charge is 0.191 e. The molecule has 0 amide bonds. The average molecular weight is 201 g/mol. The average Bonchev–Trinajstić information content (AvgIpc) is 2.31. The monoisotopic (exact) mass is 201 g/mol. The summed E-state index contributed by atoms with van der Waals surface area (Å²) in [6.07, 6.45) is 4.12. The molecule has 2 heteroatoms. The van der Waals surface area contributed by atoms with E-state index in [2.05, 4.69) is 54.2 Å². The van der Waals surface area contributed by atoms with Gasteiger partial charge in [0.15, 0.2) is 12.4 Å². The number of fused-ring (bicyclic) bond motifs is 1. The summed E-state index contributed by atoms with van der Waals surface area (Å²) in [5, 5.41) is 2.59. The number of aromatic amines is 1. The normalized spacial score (nSPS) is 10.5. The van der Waals surface area contributed by atoms with Crippen molar-refractivity contribution in [3.63, 3.8) is 0 Å². The van der Waals surface area contributed by atoms with Crippen molar-refractivity contribution in [3.05, 3.63) is 36.7 Å². The molecule has 1 aromatic carbocycles. The van der Waals surface area contributed by atoms with Gasteiger partial charge in [-0.2, -0.15) is 0 Å². The molecule has 1 N–H and O–H groups in total. The fourth-order valence-corrected chi connectivity index (χ4v) is 1.97. The van der Waals surface area contributed by atoms with E-state index in [1.54, 1.807) is 0 Å². The Morgan fingerprint density at radius 2 is 1.80 bits per heavy atom. The van der Waals surface area contributed by atoms with Crippen LogP contribution in [-0.2, 0) is 0 Å². The molecule has 0 fully saturated rings. The first-order chi connectivity index (χ1) is 7.36. The lowest BCUT2D eigenvalue weighted by Gasteiger charge is -2.20. The Kier molecular flexibility index (Phi) is 2.86. The Hall–Kier alpha value is -1.57. The number of hydrogen-bond donors (Lipinski definition) is 0. The van der Waals surface area contributed by atoms with Gasteiger partial charge in [0.05, 0.1) is 0 Å². The summed E-state index contributed by atoms with van der Waals surface area (Å²) in [7, 11) is 0. The van der Waals surface area contributed by atoms with Crippen LogP contribution in [0.15, 0.2) is 36.7 Å². The van der Waals surface area contributed by atoms with E-state index in [0.29, 0.717) is 0 Å². The van der Waals surface area contributed by atoms with Crippen LogP contribution in [0.3, 0.4) is 0 Å². The molecule has 0 aliphatic rings. The maximum Gasteiger partial charge on any atom is 0.191 e. The number of aromatic nitrogens is 1. The Labute approximate surface area is 90.6 Å². The molecule has 0 saturated heterocycles. The van der Waals surface area contributed by atoms with Gasteiger partial charge in [0.1, 0.15) is 5.69 Å². The number of benzene rings is 1. The molecule has 15 heavy (non-hydrogen) atoms.